The maximum Gasteiger partial charge on any atom is 0.330 e. The smallest absolute Gasteiger partial charge is 0.330 e. The van der Waals surface area contributed by atoms with Crippen LogP contribution >= 0.6 is 0 Å². The van der Waals surface area contributed by atoms with Gasteiger partial charge in [0.05, 0.1) is 6.61 Å². The summed E-state index contributed by atoms with van der Waals surface area (Å²) in [6.45, 7) is 4.43. The lowest BCUT2D eigenvalue weighted by Gasteiger charge is -2.12. The van der Waals surface area contributed by atoms with Crippen molar-refractivity contribution in [2.24, 2.45) is 0 Å². The minimum Gasteiger partial charge on any atom is -0.463 e. The quantitative estimate of drug-likeness (QED) is 0.605. The van der Waals surface area contributed by atoms with E-state index in [-0.39, 0.29) is 11.8 Å². The van der Waals surface area contributed by atoms with Gasteiger partial charge >= 0.3 is 5.97 Å². The van der Waals surface area contributed by atoms with Crippen LogP contribution in [0.25, 0.3) is 6.08 Å². The van der Waals surface area contributed by atoms with Crippen molar-refractivity contribution in [3.8, 4) is 0 Å². The molecule has 1 aromatic carbocycles. The summed E-state index contributed by atoms with van der Waals surface area (Å²) in [6, 6.07) is 3.25. The Morgan fingerprint density at radius 2 is 2.11 bits per heavy atom. The Bertz CT molecular complexity index is 481. The molecule has 0 aliphatic rings. The molecule has 1 rings (SSSR count). The molecule has 3 nitrogen and oxygen atoms in total. The van der Waals surface area contributed by atoms with Crippen molar-refractivity contribution in [2.75, 3.05) is 20.7 Å². The Labute approximate surface area is 113 Å². The Morgan fingerprint density at radius 3 is 2.68 bits per heavy atom. The predicted octanol–water partition coefficient (Wildman–Crippen LogP) is 2.77. The number of rotatable bonds is 5. The van der Waals surface area contributed by atoms with E-state index in [4.69, 9.17) is 4.74 Å². The van der Waals surface area contributed by atoms with E-state index in [0.29, 0.717) is 18.7 Å². The summed E-state index contributed by atoms with van der Waals surface area (Å²) in [5.74, 6) is -0.611. The van der Waals surface area contributed by atoms with E-state index >= 15 is 0 Å². The van der Waals surface area contributed by atoms with Crippen LogP contribution in [0.3, 0.4) is 0 Å². The Kier molecular flexibility index (Phi) is 5.70. The zero-order chi connectivity index (χ0) is 14.4. The Balaban J connectivity index is 2.97. The van der Waals surface area contributed by atoms with Gasteiger partial charge < -0.3 is 9.64 Å². The number of aryl methyl sites for hydroxylation is 1. The van der Waals surface area contributed by atoms with E-state index < -0.39 is 0 Å². The number of halogens is 1. The number of carbonyl (C=O) groups excluding carboxylic acids is 1. The molecule has 4 heteroatoms. The molecule has 0 saturated carbocycles. The van der Waals surface area contributed by atoms with Crippen LogP contribution < -0.4 is 0 Å². The average molecular weight is 265 g/mol. The molecule has 0 N–H and O–H groups in total. The van der Waals surface area contributed by atoms with Gasteiger partial charge in [-0.25, -0.2) is 9.18 Å². The van der Waals surface area contributed by atoms with Gasteiger partial charge in [0.1, 0.15) is 5.82 Å². The first-order chi connectivity index (χ1) is 8.93. The summed E-state index contributed by atoms with van der Waals surface area (Å²) in [4.78, 5) is 13.2. The first-order valence-corrected chi connectivity index (χ1v) is 6.22. The van der Waals surface area contributed by atoms with E-state index in [1.807, 2.05) is 25.9 Å². The standard InChI is InChI=1S/C15H20FNO2/c1-5-19-15(18)7-6-12-9-13(10-17(3)4)14(16)8-11(12)2/h6-9H,5,10H2,1-4H3/b7-6+. The third-order valence-corrected chi connectivity index (χ3v) is 2.61. The van der Waals surface area contributed by atoms with Crippen LogP contribution in [0.5, 0.6) is 0 Å². The zero-order valence-corrected chi connectivity index (χ0v) is 11.9. The molecule has 1 aromatic rings. The van der Waals surface area contributed by atoms with Crippen LogP contribution in [0.1, 0.15) is 23.6 Å². The molecule has 0 amide bonds. The predicted molar refractivity (Wildman–Crippen MR) is 74.2 cm³/mol. The number of hydrogen-bond donors (Lipinski definition) is 0. The van der Waals surface area contributed by atoms with Crippen molar-refractivity contribution in [2.45, 2.75) is 20.4 Å². The van der Waals surface area contributed by atoms with Crippen LogP contribution in [0, 0.1) is 12.7 Å². The average Bonchev–Trinajstić information content (AvgIpc) is 2.31. The Hall–Kier alpha value is -1.68. The second-order valence-electron chi connectivity index (χ2n) is 4.62. The summed E-state index contributed by atoms with van der Waals surface area (Å²) in [7, 11) is 3.76. The molecule has 0 unspecified atom stereocenters. The van der Waals surface area contributed by atoms with Crippen LogP contribution in [0.15, 0.2) is 18.2 Å². The molecule has 0 aliphatic heterocycles. The zero-order valence-electron chi connectivity index (χ0n) is 11.9. The summed E-state index contributed by atoms with van der Waals surface area (Å²) in [5, 5.41) is 0. The molecule has 0 atom stereocenters. The Morgan fingerprint density at radius 1 is 1.42 bits per heavy atom. The van der Waals surface area contributed by atoms with Gasteiger partial charge in [-0.2, -0.15) is 0 Å². The summed E-state index contributed by atoms with van der Waals surface area (Å²) in [6.07, 6.45) is 3.02. The maximum atomic E-state index is 13.8. The van der Waals surface area contributed by atoms with Crippen LogP contribution in [-0.2, 0) is 16.1 Å². The van der Waals surface area contributed by atoms with E-state index in [0.717, 1.165) is 11.1 Å². The fourth-order valence-electron chi connectivity index (χ4n) is 1.73. The van der Waals surface area contributed by atoms with Crippen LogP contribution in [-0.4, -0.2) is 31.6 Å². The summed E-state index contributed by atoms with van der Waals surface area (Å²) >= 11 is 0. The number of nitrogens with zero attached hydrogens (tertiary/aromatic N) is 1. The highest BCUT2D eigenvalue weighted by Gasteiger charge is 2.07. The van der Waals surface area contributed by atoms with Gasteiger partial charge in [0.2, 0.25) is 0 Å². The fourth-order valence-corrected chi connectivity index (χ4v) is 1.73. The van der Waals surface area contributed by atoms with E-state index in [9.17, 15) is 9.18 Å². The number of carbonyl (C=O) groups is 1. The molecule has 0 heterocycles. The molecule has 0 saturated heterocycles. The maximum absolute atomic E-state index is 13.8. The molecule has 19 heavy (non-hydrogen) atoms. The number of ether oxygens (including phenoxy) is 1. The second kappa shape index (κ2) is 7.04. The van der Waals surface area contributed by atoms with Crippen molar-refractivity contribution in [3.05, 3.63) is 40.7 Å². The SMILES string of the molecule is CCOC(=O)/C=C/c1cc(CN(C)C)c(F)cc1C. The van der Waals surface area contributed by atoms with Crippen molar-refractivity contribution in [3.63, 3.8) is 0 Å². The highest BCUT2D eigenvalue weighted by atomic mass is 19.1. The normalized spacial score (nSPS) is 11.3. The topological polar surface area (TPSA) is 29.5 Å². The van der Waals surface area contributed by atoms with Gasteiger partial charge in [-0.05, 0) is 57.3 Å². The molecular weight excluding hydrogens is 245 g/mol. The molecule has 0 bridgehead atoms. The van der Waals surface area contributed by atoms with Gasteiger partial charge in [0, 0.05) is 18.2 Å². The van der Waals surface area contributed by atoms with Crippen molar-refractivity contribution in [1.82, 2.24) is 4.90 Å². The fraction of sp³-hybridized carbons (Fsp3) is 0.400. The highest BCUT2D eigenvalue weighted by molar-refractivity contribution is 5.87. The van der Waals surface area contributed by atoms with Gasteiger partial charge in [0.25, 0.3) is 0 Å². The summed E-state index contributed by atoms with van der Waals surface area (Å²) in [5.41, 5.74) is 2.23. The van der Waals surface area contributed by atoms with Crippen LogP contribution in [0.2, 0.25) is 0 Å². The van der Waals surface area contributed by atoms with Crippen molar-refractivity contribution < 1.29 is 13.9 Å². The minimum atomic E-state index is -0.389. The number of benzene rings is 1. The monoisotopic (exact) mass is 265 g/mol. The lowest BCUT2D eigenvalue weighted by molar-refractivity contribution is -0.137. The van der Waals surface area contributed by atoms with E-state index in [1.165, 1.54) is 12.1 Å². The highest BCUT2D eigenvalue weighted by Crippen LogP contribution is 2.18. The molecule has 104 valence electrons. The van der Waals surface area contributed by atoms with Crippen LogP contribution in [0.4, 0.5) is 4.39 Å². The first kappa shape index (κ1) is 15.4. The van der Waals surface area contributed by atoms with Gasteiger partial charge in [-0.15, -0.1) is 0 Å². The molecule has 0 aliphatic carbocycles. The minimum absolute atomic E-state index is 0.223. The van der Waals surface area contributed by atoms with E-state index in [2.05, 4.69) is 0 Å². The first-order valence-electron chi connectivity index (χ1n) is 6.22. The lowest BCUT2D eigenvalue weighted by Crippen LogP contribution is -2.12. The molecule has 0 aromatic heterocycles. The number of hydrogen-bond acceptors (Lipinski definition) is 3. The molecule has 0 spiro atoms. The molecule has 0 radical (unpaired) electrons. The molecular formula is C15H20FNO2. The third kappa shape index (κ3) is 4.83. The van der Waals surface area contributed by atoms with Crippen molar-refractivity contribution >= 4 is 12.0 Å². The summed E-state index contributed by atoms with van der Waals surface area (Å²) < 4.78 is 18.6. The number of esters is 1. The third-order valence-electron chi connectivity index (χ3n) is 2.61. The second-order valence-corrected chi connectivity index (χ2v) is 4.62. The van der Waals surface area contributed by atoms with Gasteiger partial charge in [-0.1, -0.05) is 0 Å². The van der Waals surface area contributed by atoms with Gasteiger partial charge in [-0.3, -0.25) is 0 Å². The lowest BCUT2D eigenvalue weighted by atomic mass is 10.0. The van der Waals surface area contributed by atoms with E-state index in [1.54, 1.807) is 19.1 Å². The van der Waals surface area contributed by atoms with Gasteiger partial charge in [0.15, 0.2) is 0 Å². The van der Waals surface area contributed by atoms with Crippen molar-refractivity contribution in [1.29, 1.82) is 0 Å². The largest absolute Gasteiger partial charge is 0.463 e. The molecule has 0 fully saturated rings.